The van der Waals surface area contributed by atoms with Crippen LogP contribution in [-0.4, -0.2) is 17.5 Å². The van der Waals surface area contributed by atoms with Crippen molar-refractivity contribution in [3.8, 4) is 0 Å². The molecule has 0 saturated heterocycles. The van der Waals surface area contributed by atoms with E-state index in [2.05, 4.69) is 17.6 Å². The number of hydrogen-bond acceptors (Lipinski definition) is 3. The van der Waals surface area contributed by atoms with E-state index < -0.39 is 0 Å². The van der Waals surface area contributed by atoms with Crippen LogP contribution in [0.1, 0.15) is 43.6 Å². The average molecular weight is 253 g/mol. The molecule has 17 heavy (non-hydrogen) atoms. The van der Waals surface area contributed by atoms with Gasteiger partial charge in [-0.1, -0.05) is 19.3 Å². The third-order valence-electron chi connectivity index (χ3n) is 3.74. The molecule has 0 unspecified atom stereocenters. The SMILES string of the molecule is CSC1(CNCc2ccc(C)o2)CCCCC1. The van der Waals surface area contributed by atoms with Gasteiger partial charge in [-0.3, -0.25) is 0 Å². The first kappa shape index (κ1) is 13.0. The summed E-state index contributed by atoms with van der Waals surface area (Å²) >= 11 is 2.04. The molecule has 1 N–H and O–H groups in total. The molecular weight excluding hydrogens is 230 g/mol. The van der Waals surface area contributed by atoms with Crippen LogP contribution in [0.3, 0.4) is 0 Å². The fourth-order valence-electron chi connectivity index (χ4n) is 2.64. The van der Waals surface area contributed by atoms with Crippen molar-refractivity contribution in [2.75, 3.05) is 12.8 Å². The van der Waals surface area contributed by atoms with Gasteiger partial charge in [0.15, 0.2) is 0 Å². The zero-order valence-electron chi connectivity index (χ0n) is 10.9. The molecule has 96 valence electrons. The summed E-state index contributed by atoms with van der Waals surface area (Å²) in [6.07, 6.45) is 9.17. The first-order valence-electron chi connectivity index (χ1n) is 6.55. The van der Waals surface area contributed by atoms with Crippen LogP contribution in [0, 0.1) is 6.92 Å². The number of hydrogen-bond donors (Lipinski definition) is 1. The molecule has 1 aromatic rings. The molecule has 1 saturated carbocycles. The van der Waals surface area contributed by atoms with E-state index in [1.54, 1.807) is 0 Å². The van der Waals surface area contributed by atoms with E-state index in [4.69, 9.17) is 4.42 Å². The van der Waals surface area contributed by atoms with Crippen LogP contribution >= 0.6 is 11.8 Å². The molecule has 1 aliphatic carbocycles. The highest BCUT2D eigenvalue weighted by Gasteiger charge is 2.30. The summed E-state index contributed by atoms with van der Waals surface area (Å²) in [4.78, 5) is 0. The van der Waals surface area contributed by atoms with E-state index in [9.17, 15) is 0 Å². The minimum Gasteiger partial charge on any atom is -0.465 e. The normalized spacial score (nSPS) is 19.4. The van der Waals surface area contributed by atoms with Crippen molar-refractivity contribution in [1.29, 1.82) is 0 Å². The predicted molar refractivity (Wildman–Crippen MR) is 74.5 cm³/mol. The number of nitrogens with one attached hydrogen (secondary N) is 1. The standard InChI is InChI=1S/C14H23NOS/c1-12-6-7-13(16-12)10-15-11-14(17-2)8-4-3-5-9-14/h6-7,15H,3-5,8-11H2,1-2H3. The third kappa shape index (κ3) is 3.52. The maximum Gasteiger partial charge on any atom is 0.117 e. The minimum absolute atomic E-state index is 0.472. The van der Waals surface area contributed by atoms with Crippen molar-refractivity contribution in [3.05, 3.63) is 23.7 Å². The fraction of sp³-hybridized carbons (Fsp3) is 0.714. The summed E-state index contributed by atoms with van der Waals surface area (Å²) in [5, 5.41) is 3.56. The molecule has 0 amide bonds. The van der Waals surface area contributed by atoms with Gasteiger partial charge in [0.05, 0.1) is 6.54 Å². The summed E-state index contributed by atoms with van der Waals surface area (Å²) in [5.41, 5.74) is 0. The summed E-state index contributed by atoms with van der Waals surface area (Å²) in [6, 6.07) is 4.09. The van der Waals surface area contributed by atoms with Crippen molar-refractivity contribution >= 4 is 11.8 Å². The molecule has 0 aliphatic heterocycles. The zero-order valence-corrected chi connectivity index (χ0v) is 11.7. The summed E-state index contributed by atoms with van der Waals surface area (Å²) in [7, 11) is 0. The molecule has 0 aromatic carbocycles. The molecule has 0 atom stereocenters. The fourth-order valence-corrected chi connectivity index (χ4v) is 3.59. The van der Waals surface area contributed by atoms with Crippen LogP contribution in [0.4, 0.5) is 0 Å². The zero-order chi connectivity index (χ0) is 12.1. The first-order valence-corrected chi connectivity index (χ1v) is 7.78. The average Bonchev–Trinajstić information content (AvgIpc) is 2.76. The van der Waals surface area contributed by atoms with E-state index in [0.29, 0.717) is 4.75 Å². The molecule has 0 spiro atoms. The smallest absolute Gasteiger partial charge is 0.117 e. The minimum atomic E-state index is 0.472. The second kappa shape index (κ2) is 5.96. The van der Waals surface area contributed by atoms with Gasteiger partial charge in [-0.25, -0.2) is 0 Å². The van der Waals surface area contributed by atoms with Crippen LogP contribution < -0.4 is 5.32 Å². The van der Waals surface area contributed by atoms with Gasteiger partial charge in [-0.15, -0.1) is 0 Å². The van der Waals surface area contributed by atoms with E-state index in [0.717, 1.165) is 24.6 Å². The van der Waals surface area contributed by atoms with Gasteiger partial charge in [0.25, 0.3) is 0 Å². The lowest BCUT2D eigenvalue weighted by molar-refractivity contribution is 0.370. The summed E-state index contributed by atoms with van der Waals surface area (Å²) < 4.78 is 6.04. The van der Waals surface area contributed by atoms with Crippen molar-refractivity contribution in [3.63, 3.8) is 0 Å². The second-order valence-electron chi connectivity index (χ2n) is 5.06. The maximum absolute atomic E-state index is 5.57. The molecule has 1 heterocycles. The Bertz CT molecular complexity index is 342. The van der Waals surface area contributed by atoms with Gasteiger partial charge >= 0.3 is 0 Å². The third-order valence-corrected chi connectivity index (χ3v) is 5.16. The van der Waals surface area contributed by atoms with Crippen LogP contribution in [-0.2, 0) is 6.54 Å². The van der Waals surface area contributed by atoms with Crippen LogP contribution in [0.25, 0.3) is 0 Å². The molecule has 3 heteroatoms. The molecule has 2 nitrogen and oxygen atoms in total. The Morgan fingerprint density at radius 2 is 2.06 bits per heavy atom. The molecule has 0 bridgehead atoms. The lowest BCUT2D eigenvalue weighted by Gasteiger charge is -2.35. The van der Waals surface area contributed by atoms with Gasteiger partial charge in [0.1, 0.15) is 11.5 Å². The van der Waals surface area contributed by atoms with Crippen molar-refractivity contribution < 1.29 is 4.42 Å². The van der Waals surface area contributed by atoms with Crippen LogP contribution in [0.2, 0.25) is 0 Å². The Balaban J connectivity index is 1.79. The van der Waals surface area contributed by atoms with Gasteiger partial charge in [-0.05, 0) is 38.2 Å². The van der Waals surface area contributed by atoms with E-state index in [1.807, 2.05) is 24.8 Å². The maximum atomic E-state index is 5.57. The van der Waals surface area contributed by atoms with Crippen LogP contribution in [0.15, 0.2) is 16.5 Å². The summed E-state index contributed by atoms with van der Waals surface area (Å²) in [5.74, 6) is 2.05. The second-order valence-corrected chi connectivity index (χ2v) is 6.34. The van der Waals surface area contributed by atoms with Crippen molar-refractivity contribution in [2.45, 2.75) is 50.3 Å². The number of aryl methyl sites for hydroxylation is 1. The largest absolute Gasteiger partial charge is 0.465 e. The van der Waals surface area contributed by atoms with Gasteiger partial charge < -0.3 is 9.73 Å². The number of rotatable bonds is 5. The Kier molecular flexibility index (Phi) is 4.57. The first-order chi connectivity index (χ1) is 8.24. The van der Waals surface area contributed by atoms with E-state index >= 15 is 0 Å². The Morgan fingerprint density at radius 3 is 2.65 bits per heavy atom. The summed E-state index contributed by atoms with van der Waals surface area (Å²) in [6.45, 7) is 3.96. The highest BCUT2D eigenvalue weighted by Crippen LogP contribution is 2.37. The Labute approximate surface area is 109 Å². The molecule has 1 aliphatic rings. The predicted octanol–water partition coefficient (Wildman–Crippen LogP) is 3.74. The van der Waals surface area contributed by atoms with Gasteiger partial charge in [-0.2, -0.15) is 11.8 Å². The lowest BCUT2D eigenvalue weighted by atomic mass is 9.88. The van der Waals surface area contributed by atoms with Gasteiger partial charge in [0, 0.05) is 11.3 Å². The molecule has 1 aromatic heterocycles. The molecule has 1 fully saturated rings. The van der Waals surface area contributed by atoms with Crippen LogP contribution in [0.5, 0.6) is 0 Å². The quantitative estimate of drug-likeness (QED) is 0.865. The van der Waals surface area contributed by atoms with E-state index in [1.165, 1.54) is 32.1 Å². The molecular formula is C14H23NOS. The number of furan rings is 1. The highest BCUT2D eigenvalue weighted by atomic mass is 32.2. The molecule has 0 radical (unpaired) electrons. The van der Waals surface area contributed by atoms with Crippen molar-refractivity contribution in [2.24, 2.45) is 0 Å². The number of thioether (sulfide) groups is 1. The Hall–Kier alpha value is -0.410. The molecule has 2 rings (SSSR count). The topological polar surface area (TPSA) is 25.2 Å². The lowest BCUT2D eigenvalue weighted by Crippen LogP contribution is -2.39. The highest BCUT2D eigenvalue weighted by molar-refractivity contribution is 8.00. The van der Waals surface area contributed by atoms with Gasteiger partial charge in [0.2, 0.25) is 0 Å². The monoisotopic (exact) mass is 253 g/mol. The van der Waals surface area contributed by atoms with E-state index in [-0.39, 0.29) is 0 Å². The van der Waals surface area contributed by atoms with Crippen molar-refractivity contribution in [1.82, 2.24) is 5.32 Å². The Morgan fingerprint density at radius 1 is 1.29 bits per heavy atom.